The van der Waals surface area contributed by atoms with E-state index in [1.807, 2.05) is 13.4 Å². The quantitative estimate of drug-likeness (QED) is 0.373. The maximum absolute atomic E-state index is 4.59. The zero-order chi connectivity index (χ0) is 24.6. The molecule has 0 unspecified atom stereocenters. The lowest BCUT2D eigenvalue weighted by molar-refractivity contribution is 0.485. The number of aryl methyl sites for hydroxylation is 2. The lowest BCUT2D eigenvalue weighted by atomic mass is 9.99. The van der Waals surface area contributed by atoms with Crippen molar-refractivity contribution >= 4 is 39.1 Å². The number of imidazole rings is 1. The van der Waals surface area contributed by atoms with Crippen molar-refractivity contribution in [2.75, 3.05) is 29.9 Å². The first kappa shape index (κ1) is 22.5. The number of anilines is 3. The lowest BCUT2D eigenvalue weighted by Crippen LogP contribution is -2.49. The van der Waals surface area contributed by atoms with Crippen LogP contribution in [-0.2, 0) is 13.5 Å². The van der Waals surface area contributed by atoms with Crippen LogP contribution < -0.4 is 15.5 Å². The Morgan fingerprint density at radius 2 is 1.92 bits per heavy atom. The average molecular weight is 478 g/mol. The molecule has 1 aliphatic heterocycles. The van der Waals surface area contributed by atoms with E-state index in [4.69, 9.17) is 0 Å². The molecule has 36 heavy (non-hydrogen) atoms. The molecule has 2 N–H and O–H groups in total. The van der Waals surface area contributed by atoms with Gasteiger partial charge in [0.05, 0.1) is 22.9 Å². The van der Waals surface area contributed by atoms with Gasteiger partial charge in [-0.25, -0.2) is 15.0 Å². The fourth-order valence-corrected chi connectivity index (χ4v) is 5.13. The molecule has 7 nitrogen and oxygen atoms in total. The smallest absolute Gasteiger partial charge is 0.141 e. The number of benzene rings is 3. The lowest BCUT2D eigenvalue weighted by Gasteiger charge is -2.33. The molecular formula is C29H31N7. The van der Waals surface area contributed by atoms with Gasteiger partial charge in [0.25, 0.3) is 0 Å². The third kappa shape index (κ3) is 4.38. The first-order valence-electron chi connectivity index (χ1n) is 12.5. The van der Waals surface area contributed by atoms with Crippen LogP contribution in [0.5, 0.6) is 0 Å². The van der Waals surface area contributed by atoms with Crippen LogP contribution in [0, 0.1) is 6.92 Å². The number of hydrogen-bond donors (Lipinski definition) is 2. The molecule has 0 saturated carbocycles. The Hall–Kier alpha value is -3.97. The third-order valence-electron chi connectivity index (χ3n) is 7.14. The topological polar surface area (TPSA) is 70.9 Å². The summed E-state index contributed by atoms with van der Waals surface area (Å²) < 4.78 is 2.05. The van der Waals surface area contributed by atoms with Gasteiger partial charge < -0.3 is 20.1 Å². The maximum Gasteiger partial charge on any atom is 0.141 e. The fraction of sp³-hybridized carbons (Fsp3) is 0.276. The van der Waals surface area contributed by atoms with E-state index < -0.39 is 0 Å². The van der Waals surface area contributed by atoms with Crippen molar-refractivity contribution in [2.24, 2.45) is 7.05 Å². The van der Waals surface area contributed by atoms with E-state index >= 15 is 0 Å². The first-order chi connectivity index (χ1) is 17.5. The number of piperazine rings is 1. The predicted octanol–water partition coefficient (Wildman–Crippen LogP) is 4.96. The molecule has 0 spiro atoms. The van der Waals surface area contributed by atoms with Gasteiger partial charge in [-0.2, -0.15) is 0 Å². The molecule has 3 heterocycles. The van der Waals surface area contributed by atoms with E-state index in [0.717, 1.165) is 59.5 Å². The second kappa shape index (κ2) is 9.24. The fourth-order valence-electron chi connectivity index (χ4n) is 5.13. The normalized spacial score (nSPS) is 16.1. The zero-order valence-electron chi connectivity index (χ0n) is 21.0. The molecule has 0 bridgehead atoms. The Labute approximate surface area is 211 Å². The molecule has 6 rings (SSSR count). The van der Waals surface area contributed by atoms with E-state index in [2.05, 4.69) is 103 Å². The van der Waals surface area contributed by atoms with Crippen molar-refractivity contribution in [2.45, 2.75) is 26.3 Å². The minimum Gasteiger partial charge on any atom is -0.369 e. The highest BCUT2D eigenvalue weighted by atomic mass is 15.2. The standard InChI is InChI=1S/C29H31N7/c1-19-12-23(6-5-22(19)13-21-4-9-28-27(14-21)33-18-35(28)3)34-29-25-15-24(7-8-26(25)31-17-32-29)36-11-10-30-20(2)16-36/h4-9,12,14-15,17-18,20,30H,10-11,13,16H2,1-3H3,(H,31,32,34)/t20-/m1/s1. The number of hydrogen-bond acceptors (Lipinski definition) is 6. The predicted molar refractivity (Wildman–Crippen MR) is 147 cm³/mol. The van der Waals surface area contributed by atoms with Gasteiger partial charge in [0, 0.05) is 49.5 Å². The van der Waals surface area contributed by atoms with Gasteiger partial charge in [0.1, 0.15) is 12.1 Å². The molecule has 0 aliphatic carbocycles. The molecule has 2 aromatic heterocycles. The van der Waals surface area contributed by atoms with Gasteiger partial charge in [-0.1, -0.05) is 12.1 Å². The first-order valence-corrected chi connectivity index (χ1v) is 12.5. The van der Waals surface area contributed by atoms with Crippen molar-refractivity contribution < 1.29 is 0 Å². The van der Waals surface area contributed by atoms with Gasteiger partial charge in [0.15, 0.2) is 0 Å². The average Bonchev–Trinajstić information content (AvgIpc) is 3.25. The summed E-state index contributed by atoms with van der Waals surface area (Å²) in [7, 11) is 2.03. The molecule has 3 aromatic carbocycles. The minimum absolute atomic E-state index is 0.478. The van der Waals surface area contributed by atoms with E-state index in [9.17, 15) is 0 Å². The minimum atomic E-state index is 0.478. The SMILES string of the molecule is Cc1cc(Nc2ncnc3ccc(N4CCN[C@H](C)C4)cc23)ccc1Cc1ccc2c(c1)ncn2C. The number of rotatable bonds is 5. The maximum atomic E-state index is 4.59. The second-order valence-corrected chi connectivity index (χ2v) is 9.85. The molecular weight excluding hydrogens is 446 g/mol. The van der Waals surface area contributed by atoms with E-state index in [0.29, 0.717) is 6.04 Å². The van der Waals surface area contributed by atoms with Crippen LogP contribution in [0.4, 0.5) is 17.2 Å². The summed E-state index contributed by atoms with van der Waals surface area (Å²) in [4.78, 5) is 16.0. The van der Waals surface area contributed by atoms with Crippen molar-refractivity contribution in [3.05, 3.63) is 83.9 Å². The van der Waals surface area contributed by atoms with Crippen molar-refractivity contribution in [1.29, 1.82) is 0 Å². The molecule has 0 radical (unpaired) electrons. The third-order valence-corrected chi connectivity index (χ3v) is 7.14. The van der Waals surface area contributed by atoms with Gasteiger partial charge >= 0.3 is 0 Å². The van der Waals surface area contributed by atoms with Gasteiger partial charge in [-0.05, 0) is 79.4 Å². The largest absolute Gasteiger partial charge is 0.369 e. The van der Waals surface area contributed by atoms with Gasteiger partial charge in [-0.3, -0.25) is 0 Å². The Bertz CT molecular complexity index is 1550. The molecule has 5 aromatic rings. The van der Waals surface area contributed by atoms with Crippen LogP contribution in [0.1, 0.15) is 23.6 Å². The van der Waals surface area contributed by atoms with E-state index in [1.165, 1.54) is 22.4 Å². The summed E-state index contributed by atoms with van der Waals surface area (Å²) in [5.41, 5.74) is 9.19. The van der Waals surface area contributed by atoms with Crippen molar-refractivity contribution in [3.8, 4) is 0 Å². The monoisotopic (exact) mass is 477 g/mol. The van der Waals surface area contributed by atoms with Crippen LogP contribution in [0.25, 0.3) is 21.9 Å². The van der Waals surface area contributed by atoms with E-state index in [-0.39, 0.29) is 0 Å². The number of fused-ring (bicyclic) bond motifs is 2. The van der Waals surface area contributed by atoms with Gasteiger partial charge in [-0.15, -0.1) is 0 Å². The highest BCUT2D eigenvalue weighted by molar-refractivity contribution is 5.93. The highest BCUT2D eigenvalue weighted by Gasteiger charge is 2.17. The second-order valence-electron chi connectivity index (χ2n) is 9.85. The number of aromatic nitrogens is 4. The van der Waals surface area contributed by atoms with Crippen LogP contribution in [0.15, 0.2) is 67.3 Å². The summed E-state index contributed by atoms with van der Waals surface area (Å²) in [6.07, 6.45) is 4.37. The summed E-state index contributed by atoms with van der Waals surface area (Å²) in [6.45, 7) is 7.39. The molecule has 1 saturated heterocycles. The van der Waals surface area contributed by atoms with Crippen LogP contribution in [0.3, 0.4) is 0 Å². The Kier molecular flexibility index (Phi) is 5.77. The number of nitrogens with one attached hydrogen (secondary N) is 2. The molecule has 1 aliphatic rings. The summed E-state index contributed by atoms with van der Waals surface area (Å²) in [5.74, 6) is 0.831. The summed E-state index contributed by atoms with van der Waals surface area (Å²) in [6, 6.07) is 20.0. The van der Waals surface area contributed by atoms with Crippen molar-refractivity contribution in [1.82, 2.24) is 24.8 Å². The molecule has 0 amide bonds. The Balaban J connectivity index is 1.25. The number of nitrogens with zero attached hydrogens (tertiary/aromatic N) is 5. The van der Waals surface area contributed by atoms with E-state index in [1.54, 1.807) is 6.33 Å². The Morgan fingerprint density at radius 1 is 1.00 bits per heavy atom. The van der Waals surface area contributed by atoms with Gasteiger partial charge in [0.2, 0.25) is 0 Å². The molecule has 1 fully saturated rings. The molecule has 1 atom stereocenters. The molecule has 7 heteroatoms. The Morgan fingerprint density at radius 3 is 2.78 bits per heavy atom. The van der Waals surface area contributed by atoms with Crippen LogP contribution in [-0.4, -0.2) is 45.2 Å². The summed E-state index contributed by atoms with van der Waals surface area (Å²) >= 11 is 0. The van der Waals surface area contributed by atoms with Crippen molar-refractivity contribution in [3.63, 3.8) is 0 Å². The van der Waals surface area contributed by atoms with Crippen LogP contribution >= 0.6 is 0 Å². The highest BCUT2D eigenvalue weighted by Crippen LogP contribution is 2.29. The molecule has 182 valence electrons. The van der Waals surface area contributed by atoms with Crippen LogP contribution in [0.2, 0.25) is 0 Å². The zero-order valence-corrected chi connectivity index (χ0v) is 21.0. The summed E-state index contributed by atoms with van der Waals surface area (Å²) in [5, 5.41) is 8.10.